The lowest BCUT2D eigenvalue weighted by Gasteiger charge is -2.14. The highest BCUT2D eigenvalue weighted by Gasteiger charge is 2.12. The summed E-state index contributed by atoms with van der Waals surface area (Å²) in [5.41, 5.74) is 12.2. The molecule has 0 spiro atoms. The van der Waals surface area contributed by atoms with Crippen LogP contribution in [0, 0.1) is 27.7 Å². The van der Waals surface area contributed by atoms with E-state index in [1.807, 2.05) is 44.2 Å². The molecule has 5 nitrogen and oxygen atoms in total. The van der Waals surface area contributed by atoms with Gasteiger partial charge < -0.3 is 15.8 Å². The van der Waals surface area contributed by atoms with Crippen molar-refractivity contribution in [2.75, 3.05) is 11.1 Å². The van der Waals surface area contributed by atoms with Crippen molar-refractivity contribution in [1.82, 2.24) is 9.97 Å². The molecule has 3 rings (SSSR count). The largest absolute Gasteiger partial charge is 0.437 e. The molecule has 0 bridgehead atoms. The molecule has 0 fully saturated rings. The van der Waals surface area contributed by atoms with Gasteiger partial charge >= 0.3 is 0 Å². The van der Waals surface area contributed by atoms with Crippen molar-refractivity contribution >= 4 is 17.2 Å². The number of nitrogens with two attached hydrogens (primary N) is 1. The Morgan fingerprint density at radius 2 is 1.68 bits per heavy atom. The van der Waals surface area contributed by atoms with Crippen LogP contribution in [0.25, 0.3) is 0 Å². The van der Waals surface area contributed by atoms with E-state index in [0.29, 0.717) is 23.1 Å². The molecule has 0 atom stereocenters. The summed E-state index contributed by atoms with van der Waals surface area (Å²) in [5, 5.41) is 3.26. The van der Waals surface area contributed by atoms with Gasteiger partial charge in [0, 0.05) is 5.69 Å². The van der Waals surface area contributed by atoms with E-state index in [2.05, 4.69) is 35.2 Å². The molecule has 0 radical (unpaired) electrons. The Labute approximate surface area is 147 Å². The molecule has 128 valence electrons. The number of hydrogen-bond donors (Lipinski definition) is 2. The minimum absolute atomic E-state index is 0.338. The van der Waals surface area contributed by atoms with Crippen LogP contribution in [0.5, 0.6) is 11.6 Å². The van der Waals surface area contributed by atoms with Crippen molar-refractivity contribution in [3.05, 3.63) is 65.0 Å². The summed E-state index contributed by atoms with van der Waals surface area (Å²) in [6, 6.07) is 12.0. The van der Waals surface area contributed by atoms with Gasteiger partial charge in [0.2, 0.25) is 5.88 Å². The number of aryl methyl sites for hydroxylation is 4. The number of benzene rings is 2. The first-order valence-electron chi connectivity index (χ1n) is 8.14. The Bertz CT molecular complexity index is 922. The van der Waals surface area contributed by atoms with E-state index in [1.54, 1.807) is 0 Å². The third-order valence-electron chi connectivity index (χ3n) is 4.18. The van der Waals surface area contributed by atoms with Gasteiger partial charge in [0.15, 0.2) is 5.82 Å². The topological polar surface area (TPSA) is 73.1 Å². The molecule has 2 aromatic carbocycles. The van der Waals surface area contributed by atoms with E-state index in [-0.39, 0.29) is 0 Å². The molecule has 1 aromatic heterocycles. The van der Waals surface area contributed by atoms with Crippen molar-refractivity contribution < 1.29 is 4.74 Å². The molecule has 0 saturated heterocycles. The smallest absolute Gasteiger partial charge is 0.248 e. The molecule has 25 heavy (non-hydrogen) atoms. The molecule has 5 heteroatoms. The van der Waals surface area contributed by atoms with E-state index >= 15 is 0 Å². The highest BCUT2D eigenvalue weighted by atomic mass is 16.5. The number of anilines is 3. The minimum Gasteiger partial charge on any atom is -0.437 e. The van der Waals surface area contributed by atoms with Crippen LogP contribution in [0.3, 0.4) is 0 Å². The maximum atomic E-state index is 6.21. The minimum atomic E-state index is 0.338. The second-order valence-corrected chi connectivity index (χ2v) is 6.23. The molecule has 0 saturated carbocycles. The summed E-state index contributed by atoms with van der Waals surface area (Å²) in [6.07, 6.45) is 1.44. The maximum Gasteiger partial charge on any atom is 0.248 e. The van der Waals surface area contributed by atoms with Crippen LogP contribution in [0.2, 0.25) is 0 Å². The fraction of sp³-hybridized carbons (Fsp3) is 0.200. The number of nitrogen functional groups attached to an aromatic ring is 1. The van der Waals surface area contributed by atoms with Crippen LogP contribution in [0.15, 0.2) is 42.7 Å². The predicted octanol–water partition coefficient (Wildman–Crippen LogP) is 4.83. The maximum absolute atomic E-state index is 6.21. The summed E-state index contributed by atoms with van der Waals surface area (Å²) in [5.74, 6) is 1.57. The fourth-order valence-corrected chi connectivity index (χ4v) is 2.53. The average molecular weight is 334 g/mol. The first kappa shape index (κ1) is 16.8. The Kier molecular flexibility index (Phi) is 4.57. The third kappa shape index (κ3) is 3.71. The average Bonchev–Trinajstić information content (AvgIpc) is 2.57. The summed E-state index contributed by atoms with van der Waals surface area (Å²) < 4.78 is 5.86. The summed E-state index contributed by atoms with van der Waals surface area (Å²) in [4.78, 5) is 8.41. The number of aromatic nitrogens is 2. The van der Waals surface area contributed by atoms with Gasteiger partial charge in [-0.05, 0) is 62.6 Å². The molecule has 0 unspecified atom stereocenters. The normalized spacial score (nSPS) is 10.6. The highest BCUT2D eigenvalue weighted by Crippen LogP contribution is 2.32. The van der Waals surface area contributed by atoms with Crippen LogP contribution in [-0.2, 0) is 0 Å². The molecule has 0 amide bonds. The van der Waals surface area contributed by atoms with Crippen LogP contribution >= 0.6 is 0 Å². The second kappa shape index (κ2) is 6.81. The SMILES string of the molecule is Cc1ccc(Nc2ncnc(Oc3ccc(C)c(C)c3)c2N)c(C)c1. The molecule has 3 N–H and O–H groups in total. The summed E-state index contributed by atoms with van der Waals surface area (Å²) in [6.45, 7) is 8.20. The Morgan fingerprint density at radius 3 is 2.40 bits per heavy atom. The van der Waals surface area contributed by atoms with E-state index in [4.69, 9.17) is 10.5 Å². The lowest BCUT2D eigenvalue weighted by atomic mass is 10.1. The van der Waals surface area contributed by atoms with Crippen LogP contribution in [0.4, 0.5) is 17.2 Å². The van der Waals surface area contributed by atoms with E-state index < -0.39 is 0 Å². The first-order chi connectivity index (χ1) is 11.9. The number of nitrogens with zero attached hydrogens (tertiary/aromatic N) is 2. The van der Waals surface area contributed by atoms with Gasteiger partial charge in [-0.3, -0.25) is 0 Å². The fourth-order valence-electron chi connectivity index (χ4n) is 2.53. The monoisotopic (exact) mass is 334 g/mol. The van der Waals surface area contributed by atoms with Crippen LogP contribution in [-0.4, -0.2) is 9.97 Å². The van der Waals surface area contributed by atoms with Gasteiger partial charge in [-0.25, -0.2) is 4.98 Å². The van der Waals surface area contributed by atoms with Crippen molar-refractivity contribution in [3.8, 4) is 11.6 Å². The third-order valence-corrected chi connectivity index (χ3v) is 4.18. The van der Waals surface area contributed by atoms with Gasteiger partial charge in [0.1, 0.15) is 17.8 Å². The van der Waals surface area contributed by atoms with E-state index in [0.717, 1.165) is 16.8 Å². The molecular weight excluding hydrogens is 312 g/mol. The summed E-state index contributed by atoms with van der Waals surface area (Å²) >= 11 is 0. The highest BCUT2D eigenvalue weighted by molar-refractivity contribution is 5.73. The van der Waals surface area contributed by atoms with Crippen molar-refractivity contribution in [3.63, 3.8) is 0 Å². The quantitative estimate of drug-likeness (QED) is 0.715. The second-order valence-electron chi connectivity index (χ2n) is 6.23. The van der Waals surface area contributed by atoms with Gasteiger partial charge in [0.25, 0.3) is 0 Å². The van der Waals surface area contributed by atoms with Crippen LogP contribution < -0.4 is 15.8 Å². The van der Waals surface area contributed by atoms with Crippen molar-refractivity contribution in [2.24, 2.45) is 0 Å². The zero-order valence-corrected chi connectivity index (χ0v) is 14.9. The Hall–Kier alpha value is -3.08. The van der Waals surface area contributed by atoms with Gasteiger partial charge in [-0.15, -0.1) is 0 Å². The standard InChI is InChI=1S/C20H22N4O/c1-12-5-8-17(15(4)9-12)24-19-18(21)20(23-11-22-19)25-16-7-6-13(2)14(3)10-16/h5-11H,21H2,1-4H3,(H,22,23,24). The molecule has 3 aromatic rings. The van der Waals surface area contributed by atoms with Crippen LogP contribution in [0.1, 0.15) is 22.3 Å². The Balaban J connectivity index is 1.87. The Morgan fingerprint density at radius 1 is 0.880 bits per heavy atom. The number of rotatable bonds is 4. The first-order valence-corrected chi connectivity index (χ1v) is 8.14. The molecule has 1 heterocycles. The lowest BCUT2D eigenvalue weighted by Crippen LogP contribution is -2.04. The van der Waals surface area contributed by atoms with Crippen molar-refractivity contribution in [2.45, 2.75) is 27.7 Å². The summed E-state index contributed by atoms with van der Waals surface area (Å²) in [7, 11) is 0. The number of ether oxygens (including phenoxy) is 1. The van der Waals surface area contributed by atoms with Gasteiger partial charge in [0.05, 0.1) is 0 Å². The number of nitrogens with one attached hydrogen (secondary N) is 1. The van der Waals surface area contributed by atoms with Crippen molar-refractivity contribution in [1.29, 1.82) is 0 Å². The molecule has 0 aliphatic rings. The van der Waals surface area contributed by atoms with E-state index in [1.165, 1.54) is 17.5 Å². The van der Waals surface area contributed by atoms with Gasteiger partial charge in [-0.2, -0.15) is 4.98 Å². The molecule has 0 aliphatic carbocycles. The zero-order valence-electron chi connectivity index (χ0n) is 14.9. The molecular formula is C20H22N4O. The number of hydrogen-bond acceptors (Lipinski definition) is 5. The predicted molar refractivity (Wildman–Crippen MR) is 102 cm³/mol. The molecule has 0 aliphatic heterocycles. The lowest BCUT2D eigenvalue weighted by molar-refractivity contribution is 0.464. The van der Waals surface area contributed by atoms with Gasteiger partial charge in [-0.1, -0.05) is 23.8 Å². The zero-order chi connectivity index (χ0) is 18.0. The van der Waals surface area contributed by atoms with E-state index in [9.17, 15) is 0 Å².